The first kappa shape index (κ1) is 12.1. The molecule has 0 aromatic carbocycles. The zero-order valence-electron chi connectivity index (χ0n) is 9.97. The maximum absolute atomic E-state index is 5.76. The van der Waals surface area contributed by atoms with Gasteiger partial charge in [-0.2, -0.15) is 0 Å². The lowest BCUT2D eigenvalue weighted by Gasteiger charge is -2.20. The molecule has 3 nitrogen and oxygen atoms in total. The van der Waals surface area contributed by atoms with E-state index >= 15 is 0 Å². The standard InChI is InChI=1S/C12H23N3/c1-10(2)8-14-11(13)15-9-12(3)6-4-5-7-12/h1,4-9H2,2-3H3,(H3,13,14,15). The van der Waals surface area contributed by atoms with E-state index in [0.717, 1.165) is 12.1 Å². The number of nitrogens with zero attached hydrogens (tertiary/aromatic N) is 1. The summed E-state index contributed by atoms with van der Waals surface area (Å²) in [5.41, 5.74) is 7.21. The van der Waals surface area contributed by atoms with Crippen molar-refractivity contribution in [2.75, 3.05) is 13.1 Å². The quantitative estimate of drug-likeness (QED) is 0.423. The van der Waals surface area contributed by atoms with Crippen LogP contribution in [0.3, 0.4) is 0 Å². The molecule has 0 radical (unpaired) electrons. The molecule has 1 saturated carbocycles. The predicted molar refractivity (Wildman–Crippen MR) is 65.9 cm³/mol. The van der Waals surface area contributed by atoms with Crippen LogP contribution in [0.2, 0.25) is 0 Å². The molecule has 0 unspecified atom stereocenters. The van der Waals surface area contributed by atoms with Crippen molar-refractivity contribution in [2.24, 2.45) is 16.1 Å². The van der Waals surface area contributed by atoms with Gasteiger partial charge in [-0.3, -0.25) is 4.99 Å². The Morgan fingerprint density at radius 1 is 1.47 bits per heavy atom. The van der Waals surface area contributed by atoms with Crippen molar-refractivity contribution in [2.45, 2.75) is 39.5 Å². The molecule has 0 amide bonds. The Labute approximate surface area is 92.8 Å². The van der Waals surface area contributed by atoms with Crippen molar-refractivity contribution in [3.05, 3.63) is 12.2 Å². The number of rotatable bonds is 4. The van der Waals surface area contributed by atoms with Crippen LogP contribution < -0.4 is 11.1 Å². The van der Waals surface area contributed by atoms with Gasteiger partial charge in [0.25, 0.3) is 0 Å². The Hall–Kier alpha value is -0.990. The Kier molecular flexibility index (Phi) is 4.18. The molecule has 0 heterocycles. The van der Waals surface area contributed by atoms with Gasteiger partial charge < -0.3 is 11.1 Å². The van der Waals surface area contributed by atoms with Crippen molar-refractivity contribution in [1.29, 1.82) is 0 Å². The molecule has 15 heavy (non-hydrogen) atoms. The number of hydrogen-bond acceptors (Lipinski definition) is 1. The molecule has 3 heteroatoms. The van der Waals surface area contributed by atoms with Gasteiger partial charge in [0.1, 0.15) is 0 Å². The molecular weight excluding hydrogens is 186 g/mol. The molecule has 0 aromatic heterocycles. The molecule has 1 rings (SSSR count). The van der Waals surface area contributed by atoms with Gasteiger partial charge in [0.2, 0.25) is 0 Å². The maximum atomic E-state index is 5.76. The third kappa shape index (κ3) is 4.36. The summed E-state index contributed by atoms with van der Waals surface area (Å²) in [4.78, 5) is 4.39. The second-order valence-corrected chi connectivity index (χ2v) is 5.03. The third-order valence-corrected chi connectivity index (χ3v) is 3.01. The van der Waals surface area contributed by atoms with Crippen molar-refractivity contribution in [1.82, 2.24) is 5.32 Å². The first-order chi connectivity index (χ1) is 7.02. The Morgan fingerprint density at radius 2 is 2.07 bits per heavy atom. The molecule has 0 aliphatic heterocycles. The van der Waals surface area contributed by atoms with Crippen molar-refractivity contribution < 1.29 is 0 Å². The van der Waals surface area contributed by atoms with Gasteiger partial charge in [-0.25, -0.2) is 0 Å². The Balaban J connectivity index is 2.32. The van der Waals surface area contributed by atoms with Crippen LogP contribution in [-0.2, 0) is 0 Å². The van der Waals surface area contributed by atoms with E-state index in [-0.39, 0.29) is 0 Å². The van der Waals surface area contributed by atoms with Crippen LogP contribution in [0.4, 0.5) is 0 Å². The van der Waals surface area contributed by atoms with Gasteiger partial charge in [0, 0.05) is 13.1 Å². The van der Waals surface area contributed by atoms with Crippen molar-refractivity contribution in [3.8, 4) is 0 Å². The third-order valence-electron chi connectivity index (χ3n) is 3.01. The average Bonchev–Trinajstić information content (AvgIpc) is 2.60. The Bertz CT molecular complexity index is 250. The highest BCUT2D eigenvalue weighted by atomic mass is 15.1. The molecule has 0 spiro atoms. The van der Waals surface area contributed by atoms with Gasteiger partial charge >= 0.3 is 0 Å². The fraction of sp³-hybridized carbons (Fsp3) is 0.750. The van der Waals surface area contributed by atoms with Crippen LogP contribution in [0, 0.1) is 5.41 Å². The highest BCUT2D eigenvalue weighted by molar-refractivity contribution is 5.78. The van der Waals surface area contributed by atoms with E-state index in [0.29, 0.717) is 17.9 Å². The molecule has 1 fully saturated rings. The summed E-state index contributed by atoms with van der Waals surface area (Å²) in [7, 11) is 0. The SMILES string of the molecule is C=C(C)CNC(N)=NCC1(C)CCCC1. The van der Waals surface area contributed by atoms with Gasteiger partial charge in [-0.05, 0) is 25.2 Å². The molecule has 1 aliphatic carbocycles. The average molecular weight is 209 g/mol. The number of nitrogens with one attached hydrogen (secondary N) is 1. The van der Waals surface area contributed by atoms with E-state index in [4.69, 9.17) is 5.73 Å². The molecule has 86 valence electrons. The summed E-state index contributed by atoms with van der Waals surface area (Å²) >= 11 is 0. The zero-order chi connectivity index (χ0) is 11.3. The van der Waals surface area contributed by atoms with Gasteiger partial charge in [0.05, 0.1) is 0 Å². The van der Waals surface area contributed by atoms with Crippen molar-refractivity contribution in [3.63, 3.8) is 0 Å². The molecule has 0 bridgehead atoms. The first-order valence-electron chi connectivity index (χ1n) is 5.70. The van der Waals surface area contributed by atoms with Crippen LogP contribution in [0.15, 0.2) is 17.1 Å². The van der Waals surface area contributed by atoms with E-state index in [1.165, 1.54) is 25.7 Å². The lowest BCUT2D eigenvalue weighted by Crippen LogP contribution is -2.34. The van der Waals surface area contributed by atoms with E-state index in [9.17, 15) is 0 Å². The fourth-order valence-electron chi connectivity index (χ4n) is 1.96. The summed E-state index contributed by atoms with van der Waals surface area (Å²) in [5, 5.41) is 3.05. The van der Waals surface area contributed by atoms with Gasteiger partial charge in [-0.15, -0.1) is 0 Å². The predicted octanol–water partition coefficient (Wildman–Crippen LogP) is 2.05. The summed E-state index contributed by atoms with van der Waals surface area (Å²) in [6.45, 7) is 9.64. The molecule has 0 aromatic rings. The molecule has 0 saturated heterocycles. The van der Waals surface area contributed by atoms with Crippen LogP contribution in [0.5, 0.6) is 0 Å². The molecular formula is C12H23N3. The monoisotopic (exact) mass is 209 g/mol. The molecule has 0 atom stereocenters. The smallest absolute Gasteiger partial charge is 0.188 e. The number of nitrogens with two attached hydrogens (primary N) is 1. The van der Waals surface area contributed by atoms with E-state index in [1.54, 1.807) is 0 Å². The minimum absolute atomic E-state index is 0.384. The second kappa shape index (κ2) is 5.19. The zero-order valence-corrected chi connectivity index (χ0v) is 9.97. The largest absolute Gasteiger partial charge is 0.370 e. The normalized spacial score (nSPS) is 20.3. The van der Waals surface area contributed by atoms with Crippen LogP contribution in [0.1, 0.15) is 39.5 Å². The summed E-state index contributed by atoms with van der Waals surface area (Å²) < 4.78 is 0. The minimum atomic E-state index is 0.384. The lowest BCUT2D eigenvalue weighted by molar-refractivity contribution is 0.351. The van der Waals surface area contributed by atoms with E-state index < -0.39 is 0 Å². The van der Waals surface area contributed by atoms with Crippen molar-refractivity contribution >= 4 is 5.96 Å². The maximum Gasteiger partial charge on any atom is 0.188 e. The molecule has 1 aliphatic rings. The van der Waals surface area contributed by atoms with E-state index in [2.05, 4.69) is 23.8 Å². The number of hydrogen-bond donors (Lipinski definition) is 2. The summed E-state index contributed by atoms with van der Waals surface area (Å²) in [6.07, 6.45) is 5.24. The number of aliphatic imine (C=N–C) groups is 1. The molecule has 3 N–H and O–H groups in total. The highest BCUT2D eigenvalue weighted by Crippen LogP contribution is 2.37. The van der Waals surface area contributed by atoms with Gasteiger partial charge in [-0.1, -0.05) is 31.9 Å². The lowest BCUT2D eigenvalue weighted by atomic mass is 9.89. The first-order valence-corrected chi connectivity index (χ1v) is 5.70. The van der Waals surface area contributed by atoms with Crippen LogP contribution >= 0.6 is 0 Å². The summed E-state index contributed by atoms with van der Waals surface area (Å²) in [6, 6.07) is 0. The highest BCUT2D eigenvalue weighted by Gasteiger charge is 2.28. The topological polar surface area (TPSA) is 50.4 Å². The van der Waals surface area contributed by atoms with E-state index in [1.807, 2.05) is 6.92 Å². The van der Waals surface area contributed by atoms with Crippen LogP contribution in [0.25, 0.3) is 0 Å². The second-order valence-electron chi connectivity index (χ2n) is 5.03. The summed E-state index contributed by atoms with van der Waals surface area (Å²) in [5.74, 6) is 0.547. The fourth-order valence-corrected chi connectivity index (χ4v) is 1.96. The Morgan fingerprint density at radius 3 is 2.60 bits per heavy atom. The van der Waals surface area contributed by atoms with Gasteiger partial charge in [0.15, 0.2) is 5.96 Å². The minimum Gasteiger partial charge on any atom is -0.370 e. The van der Waals surface area contributed by atoms with Crippen LogP contribution in [-0.4, -0.2) is 19.0 Å². The number of guanidine groups is 1.